The molecule has 0 saturated carbocycles. The number of halogens is 2. The van der Waals surface area contributed by atoms with Gasteiger partial charge in [-0.2, -0.15) is 0 Å². The highest BCUT2D eigenvalue weighted by Crippen LogP contribution is 2.31. The molecule has 1 aliphatic rings. The van der Waals surface area contributed by atoms with Crippen molar-refractivity contribution in [2.75, 3.05) is 0 Å². The first-order valence-electron chi connectivity index (χ1n) is 5.50. The van der Waals surface area contributed by atoms with Gasteiger partial charge in [-0.15, -0.1) is 0 Å². The minimum absolute atomic E-state index is 0.326. The van der Waals surface area contributed by atoms with Gasteiger partial charge in [0.25, 0.3) is 0 Å². The summed E-state index contributed by atoms with van der Waals surface area (Å²) in [5.74, 6) is -0.326. The number of rotatable bonds is 2. The van der Waals surface area contributed by atoms with Gasteiger partial charge < -0.3 is 5.11 Å². The van der Waals surface area contributed by atoms with Crippen LogP contribution in [0.4, 0.5) is 4.39 Å². The molecule has 0 radical (unpaired) electrons. The van der Waals surface area contributed by atoms with Crippen LogP contribution in [0.5, 0.6) is 0 Å². The average Bonchev–Trinajstić information content (AvgIpc) is 2.33. The highest BCUT2D eigenvalue weighted by Gasteiger charge is 2.16. The van der Waals surface area contributed by atoms with Crippen molar-refractivity contribution < 1.29 is 9.50 Å². The van der Waals surface area contributed by atoms with Crippen LogP contribution >= 0.6 is 15.9 Å². The first kappa shape index (κ1) is 11.8. The van der Waals surface area contributed by atoms with Gasteiger partial charge in [0.1, 0.15) is 11.9 Å². The van der Waals surface area contributed by atoms with E-state index in [0.717, 1.165) is 24.8 Å². The molecule has 1 unspecified atom stereocenters. The zero-order valence-corrected chi connectivity index (χ0v) is 10.5. The number of aliphatic hydroxyl groups is 1. The van der Waals surface area contributed by atoms with Crippen molar-refractivity contribution in [3.05, 3.63) is 45.7 Å². The minimum atomic E-state index is -0.650. The predicted molar refractivity (Wildman–Crippen MR) is 65.6 cm³/mol. The van der Waals surface area contributed by atoms with Crippen LogP contribution in [0.25, 0.3) is 0 Å². The average molecular weight is 285 g/mol. The molecule has 0 aromatic heterocycles. The van der Waals surface area contributed by atoms with Gasteiger partial charge in [-0.3, -0.25) is 0 Å². The van der Waals surface area contributed by atoms with Gasteiger partial charge in [-0.25, -0.2) is 4.39 Å². The summed E-state index contributed by atoms with van der Waals surface area (Å²) in [7, 11) is 0. The molecule has 1 N–H and O–H groups in total. The number of benzene rings is 1. The number of hydrogen-bond donors (Lipinski definition) is 1. The van der Waals surface area contributed by atoms with Crippen molar-refractivity contribution in [3.63, 3.8) is 0 Å². The van der Waals surface area contributed by atoms with E-state index < -0.39 is 6.10 Å². The van der Waals surface area contributed by atoms with E-state index in [0.29, 0.717) is 10.0 Å². The van der Waals surface area contributed by atoms with Gasteiger partial charge in [-0.1, -0.05) is 12.1 Å². The summed E-state index contributed by atoms with van der Waals surface area (Å²) in [5.41, 5.74) is 1.65. The highest BCUT2D eigenvalue weighted by molar-refractivity contribution is 9.10. The second-order valence-electron chi connectivity index (χ2n) is 4.10. The quantitative estimate of drug-likeness (QED) is 0.810. The molecular formula is C13H14BrFO. The molecule has 16 heavy (non-hydrogen) atoms. The van der Waals surface area contributed by atoms with Crippen LogP contribution in [0.1, 0.15) is 37.4 Å². The fourth-order valence-electron chi connectivity index (χ4n) is 2.01. The maximum absolute atomic E-state index is 13.3. The summed E-state index contributed by atoms with van der Waals surface area (Å²) in [5, 5.41) is 10.1. The topological polar surface area (TPSA) is 20.2 Å². The zero-order chi connectivity index (χ0) is 11.5. The van der Waals surface area contributed by atoms with Crippen molar-refractivity contribution in [1.82, 2.24) is 0 Å². The van der Waals surface area contributed by atoms with Crippen LogP contribution in [0.15, 0.2) is 34.3 Å². The summed E-state index contributed by atoms with van der Waals surface area (Å²) in [6.07, 6.45) is 5.66. The SMILES string of the molecule is OC(C1=CCCCC1)c1ccc(Br)c(F)c1. The lowest BCUT2D eigenvalue weighted by Gasteiger charge is -2.19. The molecule has 1 atom stereocenters. The van der Waals surface area contributed by atoms with Crippen molar-refractivity contribution in [3.8, 4) is 0 Å². The molecule has 0 aliphatic heterocycles. The third-order valence-corrected chi connectivity index (χ3v) is 3.58. The van der Waals surface area contributed by atoms with E-state index in [1.807, 2.05) is 0 Å². The van der Waals surface area contributed by atoms with Crippen LogP contribution in [-0.2, 0) is 0 Å². The van der Waals surface area contributed by atoms with Crippen molar-refractivity contribution in [2.24, 2.45) is 0 Å². The molecule has 0 amide bonds. The van der Waals surface area contributed by atoms with Gasteiger partial charge in [0.05, 0.1) is 4.47 Å². The number of aliphatic hydroxyl groups excluding tert-OH is 1. The fraction of sp³-hybridized carbons (Fsp3) is 0.385. The standard InChI is InChI=1S/C13H14BrFO/c14-11-7-6-10(8-12(11)15)13(16)9-4-2-1-3-5-9/h4,6-8,13,16H,1-3,5H2. The summed E-state index contributed by atoms with van der Waals surface area (Å²) in [6, 6.07) is 4.79. The van der Waals surface area contributed by atoms with E-state index in [9.17, 15) is 9.50 Å². The normalized spacial score (nSPS) is 18.1. The van der Waals surface area contributed by atoms with Gasteiger partial charge in [0, 0.05) is 0 Å². The maximum atomic E-state index is 13.3. The number of hydrogen-bond acceptors (Lipinski definition) is 1. The first-order valence-corrected chi connectivity index (χ1v) is 6.30. The molecule has 1 aliphatic carbocycles. The van der Waals surface area contributed by atoms with Crippen LogP contribution in [-0.4, -0.2) is 5.11 Å². The molecule has 3 heteroatoms. The molecular weight excluding hydrogens is 271 g/mol. The Kier molecular flexibility index (Phi) is 3.77. The minimum Gasteiger partial charge on any atom is -0.384 e. The van der Waals surface area contributed by atoms with E-state index in [1.54, 1.807) is 12.1 Å². The molecule has 1 nitrogen and oxygen atoms in total. The Hall–Kier alpha value is -0.670. The second kappa shape index (κ2) is 5.11. The third-order valence-electron chi connectivity index (χ3n) is 2.94. The highest BCUT2D eigenvalue weighted by atomic mass is 79.9. The summed E-state index contributed by atoms with van der Waals surface area (Å²) in [4.78, 5) is 0. The Bertz CT molecular complexity index is 414. The molecule has 0 bridgehead atoms. The Morgan fingerprint density at radius 2 is 2.12 bits per heavy atom. The van der Waals surface area contributed by atoms with Crippen molar-refractivity contribution in [2.45, 2.75) is 31.8 Å². The molecule has 0 saturated heterocycles. The number of allylic oxidation sites excluding steroid dienone is 1. The molecule has 1 aromatic rings. The lowest BCUT2D eigenvalue weighted by molar-refractivity contribution is 0.208. The lowest BCUT2D eigenvalue weighted by atomic mass is 9.92. The molecule has 86 valence electrons. The largest absolute Gasteiger partial charge is 0.384 e. The van der Waals surface area contributed by atoms with Gasteiger partial charge in [0.2, 0.25) is 0 Å². The Labute approximate surface area is 103 Å². The smallest absolute Gasteiger partial charge is 0.137 e. The summed E-state index contributed by atoms with van der Waals surface area (Å²) in [6.45, 7) is 0. The van der Waals surface area contributed by atoms with Crippen LogP contribution in [0, 0.1) is 5.82 Å². The molecule has 0 fully saturated rings. The molecule has 0 spiro atoms. The third kappa shape index (κ3) is 2.53. The maximum Gasteiger partial charge on any atom is 0.137 e. The summed E-state index contributed by atoms with van der Waals surface area (Å²) < 4.78 is 13.8. The van der Waals surface area contributed by atoms with Gasteiger partial charge in [-0.05, 0) is 64.9 Å². The summed E-state index contributed by atoms with van der Waals surface area (Å²) >= 11 is 3.10. The van der Waals surface area contributed by atoms with Gasteiger partial charge >= 0.3 is 0 Å². The first-order chi connectivity index (χ1) is 7.68. The Balaban J connectivity index is 2.22. The Morgan fingerprint density at radius 3 is 2.75 bits per heavy atom. The fourth-order valence-corrected chi connectivity index (χ4v) is 2.25. The van der Waals surface area contributed by atoms with E-state index in [1.165, 1.54) is 12.5 Å². The van der Waals surface area contributed by atoms with Crippen LogP contribution in [0.3, 0.4) is 0 Å². The van der Waals surface area contributed by atoms with Crippen molar-refractivity contribution in [1.29, 1.82) is 0 Å². The second-order valence-corrected chi connectivity index (χ2v) is 4.96. The van der Waals surface area contributed by atoms with Crippen molar-refractivity contribution >= 4 is 15.9 Å². The molecule has 2 rings (SSSR count). The van der Waals surface area contributed by atoms with Crippen LogP contribution in [0.2, 0.25) is 0 Å². The van der Waals surface area contributed by atoms with Gasteiger partial charge in [0.15, 0.2) is 0 Å². The van der Waals surface area contributed by atoms with E-state index >= 15 is 0 Å². The van der Waals surface area contributed by atoms with E-state index in [4.69, 9.17) is 0 Å². The monoisotopic (exact) mass is 284 g/mol. The molecule has 1 aromatic carbocycles. The van der Waals surface area contributed by atoms with Crippen LogP contribution < -0.4 is 0 Å². The Morgan fingerprint density at radius 1 is 1.31 bits per heavy atom. The predicted octanol–water partition coefficient (Wildman–Crippen LogP) is 4.12. The lowest BCUT2D eigenvalue weighted by Crippen LogP contribution is -2.05. The van der Waals surface area contributed by atoms with E-state index in [-0.39, 0.29) is 5.82 Å². The zero-order valence-electron chi connectivity index (χ0n) is 8.92. The van der Waals surface area contributed by atoms with E-state index in [2.05, 4.69) is 22.0 Å². The molecule has 0 heterocycles.